The minimum Gasteiger partial charge on any atom is -0.462 e. The van der Waals surface area contributed by atoms with Gasteiger partial charge in [-0.3, -0.25) is 14.0 Å². The molecule has 0 saturated heterocycles. The van der Waals surface area contributed by atoms with Crippen LogP contribution in [0.1, 0.15) is 23.0 Å². The number of hydrogen-bond acceptors (Lipinski definition) is 5. The normalized spacial score (nSPS) is 13.6. The Balaban J connectivity index is 1.96. The quantitative estimate of drug-likeness (QED) is 0.681. The number of ether oxygens (including phenoxy) is 2. The maximum atomic E-state index is 12.7. The highest BCUT2D eigenvalue weighted by atomic mass is 16.5. The fraction of sp³-hybridized carbons (Fsp3) is 0.278. The highest BCUT2D eigenvalue weighted by Crippen LogP contribution is 2.20. The van der Waals surface area contributed by atoms with Crippen LogP contribution in [0.3, 0.4) is 0 Å². The van der Waals surface area contributed by atoms with Gasteiger partial charge in [0, 0.05) is 17.6 Å². The molecule has 0 unspecified atom stereocenters. The van der Waals surface area contributed by atoms with Crippen LogP contribution in [0.15, 0.2) is 41.3 Å². The van der Waals surface area contributed by atoms with Gasteiger partial charge in [0.25, 0.3) is 0 Å². The number of aromatic nitrogens is 3. The first kappa shape index (κ1) is 15.6. The van der Waals surface area contributed by atoms with E-state index in [1.54, 1.807) is 23.6 Å². The lowest BCUT2D eigenvalue weighted by molar-refractivity contribution is 0.0524. The molecule has 0 radical (unpaired) electrons. The molecule has 0 fully saturated rings. The summed E-state index contributed by atoms with van der Waals surface area (Å²) in [5, 5.41) is 5.05. The lowest BCUT2D eigenvalue weighted by Crippen LogP contribution is -2.20. The zero-order chi connectivity index (χ0) is 17.4. The van der Waals surface area contributed by atoms with Crippen LogP contribution in [-0.4, -0.2) is 33.5 Å². The number of fused-ring (bicyclic) bond motifs is 2. The summed E-state index contributed by atoms with van der Waals surface area (Å²) in [5.74, 6) is 0.0153. The van der Waals surface area contributed by atoms with Crippen molar-refractivity contribution in [2.75, 3.05) is 13.2 Å². The lowest BCUT2D eigenvalue weighted by Gasteiger charge is -2.13. The molecule has 1 aliphatic rings. The molecule has 1 aliphatic heterocycles. The first-order valence-electron chi connectivity index (χ1n) is 8.15. The van der Waals surface area contributed by atoms with Crippen molar-refractivity contribution in [2.45, 2.75) is 20.1 Å². The molecule has 1 aromatic carbocycles. The Morgan fingerprint density at radius 2 is 2.20 bits per heavy atom. The third-order valence-corrected chi connectivity index (χ3v) is 4.20. The van der Waals surface area contributed by atoms with E-state index in [1.807, 2.05) is 22.9 Å². The van der Waals surface area contributed by atoms with Crippen LogP contribution < -0.4 is 5.43 Å². The monoisotopic (exact) mass is 339 g/mol. The molecule has 25 heavy (non-hydrogen) atoms. The minimum atomic E-state index is -0.626. The van der Waals surface area contributed by atoms with E-state index in [2.05, 4.69) is 5.10 Å². The van der Waals surface area contributed by atoms with E-state index in [-0.39, 0.29) is 17.6 Å². The standard InChI is InChI=1S/C18H17N3O4/c1-2-25-18(23)14-10-20(15-6-4-3-5-13(15)17(14)22)16-9-12-11-24-8-7-21(12)19-16/h3-6,9-10H,2,7-8,11H2,1H3. The third-order valence-electron chi connectivity index (χ3n) is 4.20. The Labute approximate surface area is 143 Å². The van der Waals surface area contributed by atoms with Crippen molar-refractivity contribution in [2.24, 2.45) is 0 Å². The van der Waals surface area contributed by atoms with Gasteiger partial charge < -0.3 is 9.47 Å². The van der Waals surface area contributed by atoms with Crippen LogP contribution in [0.2, 0.25) is 0 Å². The number of para-hydroxylation sites is 1. The van der Waals surface area contributed by atoms with Crippen molar-refractivity contribution in [3.63, 3.8) is 0 Å². The van der Waals surface area contributed by atoms with Gasteiger partial charge in [-0.15, -0.1) is 0 Å². The first-order chi connectivity index (χ1) is 12.2. The number of pyridine rings is 1. The second kappa shape index (κ2) is 6.18. The van der Waals surface area contributed by atoms with E-state index < -0.39 is 5.97 Å². The molecule has 0 bridgehead atoms. The average Bonchev–Trinajstić information content (AvgIpc) is 3.06. The van der Waals surface area contributed by atoms with Crippen molar-refractivity contribution in [3.8, 4) is 5.82 Å². The minimum absolute atomic E-state index is 0.00257. The second-order valence-electron chi connectivity index (χ2n) is 5.75. The largest absolute Gasteiger partial charge is 0.462 e. The molecule has 2 aromatic heterocycles. The number of carbonyl (C=O) groups is 1. The molecule has 0 amide bonds. The topological polar surface area (TPSA) is 75.3 Å². The predicted octanol–water partition coefficient (Wildman–Crippen LogP) is 1.89. The average molecular weight is 339 g/mol. The Morgan fingerprint density at radius 3 is 3.00 bits per heavy atom. The number of esters is 1. The zero-order valence-corrected chi connectivity index (χ0v) is 13.8. The summed E-state index contributed by atoms with van der Waals surface area (Å²) in [6, 6.07) is 9.07. The van der Waals surface area contributed by atoms with Gasteiger partial charge in [-0.25, -0.2) is 4.79 Å². The molecular weight excluding hydrogens is 322 g/mol. The second-order valence-corrected chi connectivity index (χ2v) is 5.75. The van der Waals surface area contributed by atoms with E-state index in [0.29, 0.717) is 36.5 Å². The Kier molecular flexibility index (Phi) is 3.85. The highest BCUT2D eigenvalue weighted by Gasteiger charge is 2.19. The SMILES string of the molecule is CCOC(=O)c1cn(-c2cc3n(n2)CCOC3)c2ccccc2c1=O. The smallest absolute Gasteiger partial charge is 0.343 e. The molecule has 7 nitrogen and oxygen atoms in total. The summed E-state index contributed by atoms with van der Waals surface area (Å²) in [6.07, 6.45) is 1.51. The van der Waals surface area contributed by atoms with Gasteiger partial charge in [0.15, 0.2) is 5.82 Å². The van der Waals surface area contributed by atoms with Gasteiger partial charge in [-0.2, -0.15) is 5.10 Å². The van der Waals surface area contributed by atoms with Crippen molar-refractivity contribution < 1.29 is 14.3 Å². The van der Waals surface area contributed by atoms with Gasteiger partial charge >= 0.3 is 5.97 Å². The molecular formula is C18H17N3O4. The van der Waals surface area contributed by atoms with Crippen LogP contribution >= 0.6 is 0 Å². The first-order valence-corrected chi connectivity index (χ1v) is 8.15. The number of benzene rings is 1. The molecule has 0 saturated carbocycles. The van der Waals surface area contributed by atoms with Crippen LogP contribution in [0.5, 0.6) is 0 Å². The summed E-state index contributed by atoms with van der Waals surface area (Å²) in [4.78, 5) is 24.9. The molecule has 128 valence electrons. The molecule has 0 atom stereocenters. The summed E-state index contributed by atoms with van der Waals surface area (Å²) >= 11 is 0. The maximum Gasteiger partial charge on any atom is 0.343 e. The predicted molar refractivity (Wildman–Crippen MR) is 90.9 cm³/mol. The number of hydrogen-bond donors (Lipinski definition) is 0. The Hall–Kier alpha value is -2.93. The summed E-state index contributed by atoms with van der Waals surface area (Å²) in [6.45, 7) is 3.71. The van der Waals surface area contributed by atoms with Crippen LogP contribution in [0.4, 0.5) is 0 Å². The fourth-order valence-corrected chi connectivity index (χ4v) is 3.02. The van der Waals surface area contributed by atoms with E-state index >= 15 is 0 Å². The fourth-order valence-electron chi connectivity index (χ4n) is 3.02. The summed E-state index contributed by atoms with van der Waals surface area (Å²) < 4.78 is 14.1. The summed E-state index contributed by atoms with van der Waals surface area (Å²) in [5.41, 5.74) is 1.32. The number of rotatable bonds is 3. The molecule has 4 rings (SSSR count). The van der Waals surface area contributed by atoms with Crippen molar-refractivity contribution >= 4 is 16.9 Å². The Morgan fingerprint density at radius 1 is 1.36 bits per heavy atom. The van der Waals surface area contributed by atoms with Gasteiger partial charge in [-0.05, 0) is 19.1 Å². The van der Waals surface area contributed by atoms with Crippen molar-refractivity contribution in [3.05, 3.63) is 58.0 Å². The molecule has 7 heteroatoms. The third kappa shape index (κ3) is 2.62. The van der Waals surface area contributed by atoms with E-state index in [1.165, 1.54) is 6.20 Å². The van der Waals surface area contributed by atoms with Crippen LogP contribution in [0, 0.1) is 0 Å². The summed E-state index contributed by atoms with van der Waals surface area (Å²) in [7, 11) is 0. The number of nitrogens with zero attached hydrogens (tertiary/aromatic N) is 3. The zero-order valence-electron chi connectivity index (χ0n) is 13.8. The molecule has 3 aromatic rings. The molecule has 0 aliphatic carbocycles. The number of carbonyl (C=O) groups excluding carboxylic acids is 1. The van der Waals surface area contributed by atoms with Gasteiger partial charge in [-0.1, -0.05) is 12.1 Å². The van der Waals surface area contributed by atoms with Crippen molar-refractivity contribution in [1.82, 2.24) is 14.3 Å². The van der Waals surface area contributed by atoms with Gasteiger partial charge in [0.2, 0.25) is 5.43 Å². The van der Waals surface area contributed by atoms with E-state index in [4.69, 9.17) is 9.47 Å². The van der Waals surface area contributed by atoms with Crippen molar-refractivity contribution in [1.29, 1.82) is 0 Å². The van der Waals surface area contributed by atoms with Gasteiger partial charge in [0.05, 0.1) is 37.6 Å². The van der Waals surface area contributed by atoms with E-state index in [0.717, 1.165) is 5.69 Å². The van der Waals surface area contributed by atoms with Gasteiger partial charge in [0.1, 0.15) is 5.56 Å². The maximum absolute atomic E-state index is 12.7. The molecule has 0 N–H and O–H groups in total. The van der Waals surface area contributed by atoms with E-state index in [9.17, 15) is 9.59 Å². The van der Waals surface area contributed by atoms with Crippen LogP contribution in [0.25, 0.3) is 16.7 Å². The highest BCUT2D eigenvalue weighted by molar-refractivity contribution is 5.94. The Bertz CT molecular complexity index is 995. The van der Waals surface area contributed by atoms with Crippen LogP contribution in [-0.2, 0) is 22.6 Å². The molecule has 3 heterocycles. The molecule has 0 spiro atoms. The lowest BCUT2D eigenvalue weighted by atomic mass is 10.1.